The second-order valence-electron chi connectivity index (χ2n) is 3.47. The molecule has 0 saturated heterocycles. The van der Waals surface area contributed by atoms with E-state index in [0.717, 1.165) is 12.8 Å². The summed E-state index contributed by atoms with van der Waals surface area (Å²) in [5.74, 6) is 0. The third kappa shape index (κ3) is 3.86. The zero-order valence-electron chi connectivity index (χ0n) is 10.4. The minimum absolute atomic E-state index is 0.701. The van der Waals surface area contributed by atoms with Crippen molar-refractivity contribution in [1.29, 1.82) is 0 Å². The van der Waals surface area contributed by atoms with Crippen molar-refractivity contribution in [2.45, 2.75) is 33.6 Å². The Hall–Kier alpha value is -0.430. The topological polar surface area (TPSA) is 18.5 Å². The molecule has 1 aromatic carbocycles. The normalized spacial score (nSPS) is 11.0. The molecule has 0 N–H and O–H groups in total. The Balaban J connectivity index is 2.87. The summed E-state index contributed by atoms with van der Waals surface area (Å²) < 4.78 is 11.4. The molecule has 0 saturated carbocycles. The Kier molecular flexibility index (Phi) is 6.63. The quantitative estimate of drug-likeness (QED) is 0.677. The molecule has 0 unspecified atom stereocenters. The fourth-order valence-corrected chi connectivity index (χ4v) is 3.03. The largest absolute Gasteiger partial charge is 0.331 e. The Labute approximate surface area is 99.9 Å². The Morgan fingerprint density at radius 1 is 1.00 bits per heavy atom. The summed E-state index contributed by atoms with van der Waals surface area (Å²) >= 11 is 0. The molecule has 0 bridgehead atoms. The first-order valence-corrected chi connectivity index (χ1v) is 7.15. The highest BCUT2D eigenvalue weighted by molar-refractivity contribution is 7.56. The Bertz CT molecular complexity index is 296. The minimum Gasteiger partial charge on any atom is -0.331 e. The first-order chi connectivity index (χ1) is 7.83. The first kappa shape index (κ1) is 13.6. The SMILES string of the molecule is CCCc1ccccc1P(OCC)OCC. The molecule has 0 aliphatic carbocycles. The second-order valence-corrected chi connectivity index (χ2v) is 4.98. The molecule has 0 amide bonds. The molecule has 90 valence electrons. The molecule has 3 heteroatoms. The predicted octanol–water partition coefficient (Wildman–Crippen LogP) is 3.65. The van der Waals surface area contributed by atoms with Crippen LogP contribution in [0.25, 0.3) is 0 Å². The lowest BCUT2D eigenvalue weighted by Gasteiger charge is -2.18. The predicted molar refractivity (Wildman–Crippen MR) is 70.2 cm³/mol. The molecule has 16 heavy (non-hydrogen) atoms. The van der Waals surface area contributed by atoms with E-state index in [1.165, 1.54) is 10.9 Å². The fourth-order valence-electron chi connectivity index (χ4n) is 1.58. The van der Waals surface area contributed by atoms with E-state index in [2.05, 4.69) is 31.2 Å². The van der Waals surface area contributed by atoms with Gasteiger partial charge in [0.05, 0.1) is 13.2 Å². The van der Waals surface area contributed by atoms with Crippen LogP contribution in [0.15, 0.2) is 24.3 Å². The minimum atomic E-state index is -0.888. The molecule has 0 spiro atoms. The number of rotatable bonds is 7. The standard InChI is InChI=1S/C13H21O2P/c1-4-9-12-10-7-8-11-13(12)16(14-5-2)15-6-3/h7-8,10-11H,4-6,9H2,1-3H3. The van der Waals surface area contributed by atoms with Crippen LogP contribution in [0, 0.1) is 0 Å². The number of benzene rings is 1. The highest BCUT2D eigenvalue weighted by Crippen LogP contribution is 2.38. The Morgan fingerprint density at radius 2 is 1.62 bits per heavy atom. The third-order valence-electron chi connectivity index (χ3n) is 2.20. The van der Waals surface area contributed by atoms with Crippen molar-refractivity contribution in [2.75, 3.05) is 13.2 Å². The smallest absolute Gasteiger partial charge is 0.205 e. The number of hydrogen-bond donors (Lipinski definition) is 0. The zero-order valence-corrected chi connectivity index (χ0v) is 11.3. The summed E-state index contributed by atoms with van der Waals surface area (Å²) in [5.41, 5.74) is 1.36. The van der Waals surface area contributed by atoms with Gasteiger partial charge in [0, 0.05) is 5.30 Å². The second kappa shape index (κ2) is 7.78. The van der Waals surface area contributed by atoms with Crippen LogP contribution in [0.2, 0.25) is 0 Å². The lowest BCUT2D eigenvalue weighted by atomic mass is 10.1. The summed E-state index contributed by atoms with van der Waals surface area (Å²) in [6.45, 7) is 7.62. The maximum Gasteiger partial charge on any atom is 0.205 e. The van der Waals surface area contributed by atoms with E-state index in [4.69, 9.17) is 9.05 Å². The monoisotopic (exact) mass is 240 g/mol. The summed E-state index contributed by atoms with van der Waals surface area (Å²) in [7, 11) is -0.888. The van der Waals surface area contributed by atoms with E-state index >= 15 is 0 Å². The van der Waals surface area contributed by atoms with Crippen molar-refractivity contribution in [3.05, 3.63) is 29.8 Å². The van der Waals surface area contributed by atoms with Crippen molar-refractivity contribution in [3.63, 3.8) is 0 Å². The molecule has 0 aromatic heterocycles. The van der Waals surface area contributed by atoms with Gasteiger partial charge in [-0.15, -0.1) is 0 Å². The van der Waals surface area contributed by atoms with Crippen LogP contribution >= 0.6 is 8.38 Å². The van der Waals surface area contributed by atoms with Crippen molar-refractivity contribution in [2.24, 2.45) is 0 Å². The van der Waals surface area contributed by atoms with Crippen LogP contribution in [0.3, 0.4) is 0 Å². The summed E-state index contributed by atoms with van der Waals surface area (Å²) in [6, 6.07) is 8.44. The van der Waals surface area contributed by atoms with Crippen LogP contribution in [0.1, 0.15) is 32.8 Å². The maximum absolute atomic E-state index is 5.70. The van der Waals surface area contributed by atoms with Gasteiger partial charge in [0.25, 0.3) is 0 Å². The summed E-state index contributed by atoms with van der Waals surface area (Å²) in [4.78, 5) is 0. The summed E-state index contributed by atoms with van der Waals surface area (Å²) in [6.07, 6.45) is 2.24. The van der Waals surface area contributed by atoms with Gasteiger partial charge in [-0.3, -0.25) is 0 Å². The molecule has 0 radical (unpaired) electrons. The highest BCUT2D eigenvalue weighted by Gasteiger charge is 2.15. The number of hydrogen-bond acceptors (Lipinski definition) is 2. The third-order valence-corrected chi connectivity index (χ3v) is 4.02. The average Bonchev–Trinajstić information content (AvgIpc) is 2.30. The van der Waals surface area contributed by atoms with E-state index in [-0.39, 0.29) is 0 Å². The molecular weight excluding hydrogens is 219 g/mol. The molecule has 0 heterocycles. The van der Waals surface area contributed by atoms with Gasteiger partial charge in [-0.25, -0.2) is 0 Å². The van der Waals surface area contributed by atoms with Crippen LogP contribution in [0.5, 0.6) is 0 Å². The van der Waals surface area contributed by atoms with Crippen LogP contribution < -0.4 is 5.30 Å². The van der Waals surface area contributed by atoms with E-state index in [1.807, 2.05) is 13.8 Å². The van der Waals surface area contributed by atoms with Gasteiger partial charge in [-0.1, -0.05) is 31.5 Å². The van der Waals surface area contributed by atoms with E-state index < -0.39 is 8.38 Å². The van der Waals surface area contributed by atoms with Gasteiger partial charge in [-0.2, -0.15) is 0 Å². The zero-order chi connectivity index (χ0) is 11.8. The van der Waals surface area contributed by atoms with E-state index in [1.54, 1.807) is 0 Å². The molecule has 0 aliphatic heterocycles. The Morgan fingerprint density at radius 3 is 2.19 bits per heavy atom. The molecule has 2 nitrogen and oxygen atoms in total. The molecule has 1 rings (SSSR count). The van der Waals surface area contributed by atoms with Crippen LogP contribution in [-0.2, 0) is 15.5 Å². The van der Waals surface area contributed by atoms with E-state index in [0.29, 0.717) is 13.2 Å². The lowest BCUT2D eigenvalue weighted by Crippen LogP contribution is -2.11. The van der Waals surface area contributed by atoms with Gasteiger partial charge in [0.2, 0.25) is 8.38 Å². The van der Waals surface area contributed by atoms with Crippen molar-refractivity contribution in [1.82, 2.24) is 0 Å². The highest BCUT2D eigenvalue weighted by atomic mass is 31.2. The first-order valence-electron chi connectivity index (χ1n) is 5.97. The fraction of sp³-hybridized carbons (Fsp3) is 0.538. The average molecular weight is 240 g/mol. The van der Waals surface area contributed by atoms with Crippen molar-refractivity contribution in [3.8, 4) is 0 Å². The lowest BCUT2D eigenvalue weighted by molar-refractivity contribution is 0.277. The molecule has 0 fully saturated rings. The molecular formula is C13H21O2P. The van der Waals surface area contributed by atoms with E-state index in [9.17, 15) is 0 Å². The van der Waals surface area contributed by atoms with Gasteiger partial charge in [0.15, 0.2) is 0 Å². The van der Waals surface area contributed by atoms with Gasteiger partial charge >= 0.3 is 0 Å². The van der Waals surface area contributed by atoms with Crippen LogP contribution in [0.4, 0.5) is 0 Å². The van der Waals surface area contributed by atoms with Gasteiger partial charge in [-0.05, 0) is 31.9 Å². The van der Waals surface area contributed by atoms with Crippen molar-refractivity contribution < 1.29 is 9.05 Å². The van der Waals surface area contributed by atoms with Crippen molar-refractivity contribution >= 4 is 13.7 Å². The molecule has 0 aliphatic rings. The van der Waals surface area contributed by atoms with Crippen LogP contribution in [-0.4, -0.2) is 13.2 Å². The van der Waals surface area contributed by atoms with Gasteiger partial charge in [0.1, 0.15) is 0 Å². The molecule has 0 atom stereocenters. The maximum atomic E-state index is 5.70. The molecule has 1 aromatic rings. The number of aryl methyl sites for hydroxylation is 1. The summed E-state index contributed by atoms with van der Waals surface area (Å²) in [5, 5.41) is 1.24. The van der Waals surface area contributed by atoms with Gasteiger partial charge < -0.3 is 9.05 Å².